The summed E-state index contributed by atoms with van der Waals surface area (Å²) >= 11 is 0. The third kappa shape index (κ3) is 8.57. The summed E-state index contributed by atoms with van der Waals surface area (Å²) in [6, 6.07) is 7.96. The molecule has 2 saturated heterocycles. The number of piperidine rings is 2. The van der Waals surface area contributed by atoms with Crippen molar-refractivity contribution < 1.29 is 35.9 Å². The van der Waals surface area contributed by atoms with Gasteiger partial charge in [0.1, 0.15) is 6.04 Å². The fourth-order valence-corrected chi connectivity index (χ4v) is 6.33. The van der Waals surface area contributed by atoms with Crippen LogP contribution >= 0.6 is 0 Å². The van der Waals surface area contributed by atoms with Crippen LogP contribution in [0.15, 0.2) is 48.7 Å². The van der Waals surface area contributed by atoms with Gasteiger partial charge in [0.15, 0.2) is 0 Å². The number of aromatic amines is 1. The van der Waals surface area contributed by atoms with Gasteiger partial charge in [-0.05, 0) is 74.2 Å². The lowest BCUT2D eigenvalue weighted by atomic mass is 10.00. The second kappa shape index (κ2) is 13.8. The molecule has 45 heavy (non-hydrogen) atoms. The van der Waals surface area contributed by atoms with Crippen LogP contribution in [0.4, 0.5) is 26.3 Å². The van der Waals surface area contributed by atoms with Crippen LogP contribution in [0.25, 0.3) is 10.9 Å². The quantitative estimate of drug-likeness (QED) is 0.271. The zero-order valence-electron chi connectivity index (χ0n) is 24.7. The van der Waals surface area contributed by atoms with Crippen LogP contribution in [0.5, 0.6) is 0 Å². The number of likely N-dealkylation sites (tertiary alicyclic amines) is 2. The van der Waals surface area contributed by atoms with Crippen molar-refractivity contribution in [3.8, 4) is 0 Å². The van der Waals surface area contributed by atoms with Gasteiger partial charge < -0.3 is 20.5 Å². The van der Waals surface area contributed by atoms with Gasteiger partial charge in [0, 0.05) is 49.2 Å². The maximum Gasteiger partial charge on any atom is 0.416 e. The number of aromatic nitrogens is 1. The fourth-order valence-electron chi connectivity index (χ4n) is 6.33. The molecule has 0 spiro atoms. The van der Waals surface area contributed by atoms with Crippen molar-refractivity contribution in [2.45, 2.75) is 69.5 Å². The number of amides is 2. The summed E-state index contributed by atoms with van der Waals surface area (Å²) in [6.45, 7) is 3.18. The summed E-state index contributed by atoms with van der Waals surface area (Å²) in [5, 5.41) is 6.05. The number of alkyl halides is 6. The average molecular weight is 638 g/mol. The van der Waals surface area contributed by atoms with Gasteiger partial charge >= 0.3 is 12.4 Å². The van der Waals surface area contributed by atoms with Crippen molar-refractivity contribution in [2.75, 3.05) is 32.7 Å². The molecule has 0 aliphatic carbocycles. The van der Waals surface area contributed by atoms with Gasteiger partial charge in [-0.25, -0.2) is 0 Å². The minimum absolute atomic E-state index is 0.0424. The first kappa shape index (κ1) is 32.8. The number of fused-ring (bicyclic) bond motifs is 1. The summed E-state index contributed by atoms with van der Waals surface area (Å²) in [5.41, 5.74) is -1.74. The summed E-state index contributed by atoms with van der Waals surface area (Å²) in [4.78, 5) is 34.3. The molecule has 0 saturated carbocycles. The monoisotopic (exact) mass is 637 g/mol. The number of rotatable bonds is 9. The highest BCUT2D eigenvalue weighted by Crippen LogP contribution is 2.36. The van der Waals surface area contributed by atoms with Crippen molar-refractivity contribution in [2.24, 2.45) is 0 Å². The lowest BCUT2D eigenvalue weighted by Crippen LogP contribution is -2.52. The normalized spacial score (nSPS) is 18.2. The molecule has 7 nitrogen and oxygen atoms in total. The lowest BCUT2D eigenvalue weighted by Gasteiger charge is -2.40. The first-order valence-electron chi connectivity index (χ1n) is 15.2. The molecule has 244 valence electrons. The van der Waals surface area contributed by atoms with Crippen molar-refractivity contribution in [3.05, 3.63) is 70.9 Å². The van der Waals surface area contributed by atoms with E-state index >= 15 is 0 Å². The maximum absolute atomic E-state index is 13.4. The number of para-hydroxylation sites is 1. The molecule has 5 rings (SSSR count). The number of nitrogens with zero attached hydrogens (tertiary/aromatic N) is 2. The van der Waals surface area contributed by atoms with Crippen molar-refractivity contribution in [3.63, 3.8) is 0 Å². The minimum atomic E-state index is -5.01. The highest BCUT2D eigenvalue weighted by atomic mass is 19.4. The molecular formula is C32H37F6N5O2. The van der Waals surface area contributed by atoms with E-state index in [-0.39, 0.29) is 30.5 Å². The second-order valence-electron chi connectivity index (χ2n) is 11.9. The van der Waals surface area contributed by atoms with E-state index in [1.807, 2.05) is 29.2 Å². The number of nitrogens with one attached hydrogen (secondary N) is 3. The highest BCUT2D eigenvalue weighted by Gasteiger charge is 2.37. The van der Waals surface area contributed by atoms with Gasteiger partial charge in [-0.3, -0.25) is 14.5 Å². The van der Waals surface area contributed by atoms with Crippen LogP contribution in [-0.4, -0.2) is 71.4 Å². The SMILES string of the molecule is O=C(CN1CCC(N2CCCCC2)CC1)NC(Cc1c[nH]c2ccccc12)C(=O)NCc1cc(C(F)(F)F)cc(C(F)(F)F)c1. The summed E-state index contributed by atoms with van der Waals surface area (Å²) in [7, 11) is 0. The molecule has 1 atom stereocenters. The number of H-pyrrole nitrogens is 1. The Kier molecular flexibility index (Phi) is 10.1. The molecule has 3 heterocycles. The molecule has 0 radical (unpaired) electrons. The molecule has 2 aliphatic rings. The zero-order valence-corrected chi connectivity index (χ0v) is 24.7. The van der Waals surface area contributed by atoms with Crippen LogP contribution in [0.2, 0.25) is 0 Å². The molecule has 2 amide bonds. The van der Waals surface area contributed by atoms with Crippen molar-refractivity contribution in [1.82, 2.24) is 25.4 Å². The fraction of sp³-hybridized carbons (Fsp3) is 0.500. The summed E-state index contributed by atoms with van der Waals surface area (Å²) < 4.78 is 80.1. The standard InChI is InChI=1S/C32H37F6N5O2/c33-31(34,35)23-14-21(15-24(17-23)32(36,37)38)18-40-30(45)28(16-22-19-39-27-7-3-2-6-26(22)27)41-29(44)20-42-12-8-25(9-13-42)43-10-4-1-5-11-43/h2-3,6-7,14-15,17,19,25,28,39H,1,4-5,8-13,16,18,20H2,(H,40,45)(H,41,44). The van der Waals surface area contributed by atoms with Gasteiger partial charge in [-0.1, -0.05) is 24.6 Å². The lowest BCUT2D eigenvalue weighted by molar-refractivity contribution is -0.143. The van der Waals surface area contributed by atoms with E-state index in [9.17, 15) is 35.9 Å². The number of carbonyl (C=O) groups is 2. The van der Waals surface area contributed by atoms with Gasteiger partial charge in [0.25, 0.3) is 0 Å². The smallest absolute Gasteiger partial charge is 0.361 e. The van der Waals surface area contributed by atoms with Crippen LogP contribution in [0.1, 0.15) is 54.4 Å². The Balaban J connectivity index is 1.26. The molecule has 2 fully saturated rings. The Hall–Kier alpha value is -3.58. The van der Waals surface area contributed by atoms with Gasteiger partial charge in [-0.15, -0.1) is 0 Å². The number of carbonyl (C=O) groups excluding carboxylic acids is 2. The third-order valence-electron chi connectivity index (χ3n) is 8.70. The molecule has 3 N–H and O–H groups in total. The molecule has 2 aliphatic heterocycles. The Morgan fingerprint density at radius 2 is 1.53 bits per heavy atom. The topological polar surface area (TPSA) is 80.5 Å². The van der Waals surface area contributed by atoms with E-state index in [4.69, 9.17) is 0 Å². The van der Waals surface area contributed by atoms with Gasteiger partial charge in [0.2, 0.25) is 11.8 Å². The number of halogens is 6. The van der Waals surface area contributed by atoms with E-state index in [2.05, 4.69) is 20.5 Å². The van der Waals surface area contributed by atoms with Crippen LogP contribution in [-0.2, 0) is 34.9 Å². The third-order valence-corrected chi connectivity index (χ3v) is 8.70. The van der Waals surface area contributed by atoms with E-state index < -0.39 is 42.0 Å². The molecule has 13 heteroatoms. The Labute approximate surface area is 257 Å². The van der Waals surface area contributed by atoms with Crippen LogP contribution in [0, 0.1) is 0 Å². The maximum atomic E-state index is 13.4. The number of hydrogen-bond donors (Lipinski definition) is 3. The molecule has 1 unspecified atom stereocenters. The van der Waals surface area contributed by atoms with Gasteiger partial charge in [0.05, 0.1) is 17.7 Å². The Morgan fingerprint density at radius 1 is 0.889 bits per heavy atom. The molecule has 1 aromatic heterocycles. The largest absolute Gasteiger partial charge is 0.416 e. The first-order chi connectivity index (χ1) is 21.4. The Bertz CT molecular complexity index is 1440. The van der Waals surface area contributed by atoms with E-state index in [0.29, 0.717) is 18.2 Å². The minimum Gasteiger partial charge on any atom is -0.361 e. The zero-order chi connectivity index (χ0) is 32.2. The number of benzene rings is 2. The molecule has 0 bridgehead atoms. The average Bonchev–Trinajstić information content (AvgIpc) is 3.42. The number of hydrogen-bond acceptors (Lipinski definition) is 4. The van der Waals surface area contributed by atoms with E-state index in [1.54, 1.807) is 6.20 Å². The van der Waals surface area contributed by atoms with Crippen LogP contribution < -0.4 is 10.6 Å². The molecule has 2 aromatic carbocycles. The second-order valence-corrected chi connectivity index (χ2v) is 11.9. The molecule has 3 aromatic rings. The Morgan fingerprint density at radius 3 is 2.18 bits per heavy atom. The summed E-state index contributed by atoms with van der Waals surface area (Å²) in [6.07, 6.45) is -2.66. The van der Waals surface area contributed by atoms with Gasteiger partial charge in [-0.2, -0.15) is 26.3 Å². The summed E-state index contributed by atoms with van der Waals surface area (Å²) in [5.74, 6) is -1.10. The van der Waals surface area contributed by atoms with E-state index in [1.165, 1.54) is 19.3 Å². The highest BCUT2D eigenvalue weighted by molar-refractivity contribution is 5.90. The molecular weight excluding hydrogens is 600 g/mol. The predicted molar refractivity (Wildman–Crippen MR) is 157 cm³/mol. The van der Waals surface area contributed by atoms with Crippen LogP contribution in [0.3, 0.4) is 0 Å². The predicted octanol–water partition coefficient (Wildman–Crippen LogP) is 5.50. The van der Waals surface area contributed by atoms with E-state index in [0.717, 1.165) is 55.5 Å². The van der Waals surface area contributed by atoms with Crippen molar-refractivity contribution in [1.29, 1.82) is 0 Å². The first-order valence-corrected chi connectivity index (χ1v) is 15.2. The van der Waals surface area contributed by atoms with Crippen molar-refractivity contribution >= 4 is 22.7 Å².